The zero-order valence-electron chi connectivity index (χ0n) is 7.64. The summed E-state index contributed by atoms with van der Waals surface area (Å²) in [5, 5.41) is 3.37. The molecule has 1 rings (SSSR count). The molecule has 0 aromatic heterocycles. The van der Waals surface area contributed by atoms with Gasteiger partial charge in [0.2, 0.25) is 5.78 Å². The van der Waals surface area contributed by atoms with E-state index in [0.29, 0.717) is 0 Å². The maximum atomic E-state index is 10.6. The first kappa shape index (κ1) is 10.1. The van der Waals surface area contributed by atoms with Gasteiger partial charge in [-0.1, -0.05) is 35.5 Å². The Hall–Kier alpha value is -1.97. The third-order valence-corrected chi connectivity index (χ3v) is 1.42. The lowest BCUT2D eigenvalue weighted by atomic mass is 10.2. The van der Waals surface area contributed by atoms with Crippen molar-refractivity contribution in [1.82, 2.24) is 0 Å². The monoisotopic (exact) mass is 191 g/mol. The Labute approximate surface area is 81.2 Å². The molecule has 0 saturated carbocycles. The number of nitrogens with zero attached hydrogens (tertiary/aromatic N) is 1. The SMILES string of the molecule is CC(=O)C(=O)O/N=C/c1ccccc1. The number of ketones is 1. The fourth-order valence-corrected chi connectivity index (χ4v) is 0.738. The van der Waals surface area contributed by atoms with E-state index in [2.05, 4.69) is 9.99 Å². The molecule has 0 bridgehead atoms. The van der Waals surface area contributed by atoms with Crippen molar-refractivity contribution < 1.29 is 14.4 Å². The third-order valence-electron chi connectivity index (χ3n) is 1.42. The van der Waals surface area contributed by atoms with Crippen molar-refractivity contribution in [3.63, 3.8) is 0 Å². The molecular weight excluding hydrogens is 182 g/mol. The lowest BCUT2D eigenvalue weighted by Gasteiger charge is -1.91. The predicted molar refractivity (Wildman–Crippen MR) is 50.8 cm³/mol. The molecule has 0 aliphatic rings. The van der Waals surface area contributed by atoms with Crippen LogP contribution in [-0.4, -0.2) is 18.0 Å². The molecule has 72 valence electrons. The number of carbonyl (C=O) groups excluding carboxylic acids is 2. The van der Waals surface area contributed by atoms with E-state index in [9.17, 15) is 9.59 Å². The van der Waals surface area contributed by atoms with Gasteiger partial charge in [-0.15, -0.1) is 0 Å². The van der Waals surface area contributed by atoms with Gasteiger partial charge in [0, 0.05) is 6.92 Å². The molecule has 1 aromatic carbocycles. The second-order valence-corrected chi connectivity index (χ2v) is 2.58. The number of oxime groups is 1. The topological polar surface area (TPSA) is 55.7 Å². The lowest BCUT2D eigenvalue weighted by Crippen LogP contribution is -2.10. The van der Waals surface area contributed by atoms with Crippen molar-refractivity contribution in [1.29, 1.82) is 0 Å². The van der Waals surface area contributed by atoms with Crippen molar-refractivity contribution in [2.45, 2.75) is 6.92 Å². The summed E-state index contributed by atoms with van der Waals surface area (Å²) in [7, 11) is 0. The minimum Gasteiger partial charge on any atom is -0.309 e. The standard InChI is InChI=1S/C10H9NO3/c1-8(12)10(13)14-11-7-9-5-3-2-4-6-9/h2-7H,1H3/b11-7+. The fourth-order valence-electron chi connectivity index (χ4n) is 0.738. The molecule has 0 radical (unpaired) electrons. The second-order valence-electron chi connectivity index (χ2n) is 2.58. The Bertz CT molecular complexity index is 357. The molecule has 0 heterocycles. The molecule has 0 aliphatic carbocycles. The summed E-state index contributed by atoms with van der Waals surface area (Å²) in [6.45, 7) is 1.13. The van der Waals surface area contributed by atoms with Crippen LogP contribution in [0.3, 0.4) is 0 Å². The normalized spacial score (nSPS) is 10.1. The van der Waals surface area contributed by atoms with Crippen LogP contribution in [0.4, 0.5) is 0 Å². The second kappa shape index (κ2) is 4.91. The van der Waals surface area contributed by atoms with E-state index < -0.39 is 11.8 Å². The van der Waals surface area contributed by atoms with Crippen LogP contribution in [0.15, 0.2) is 35.5 Å². The molecule has 14 heavy (non-hydrogen) atoms. The highest BCUT2D eigenvalue weighted by molar-refractivity contribution is 6.32. The number of Topliss-reactive ketones (excluding diaryl/α,β-unsaturated/α-hetero) is 1. The molecule has 0 spiro atoms. The number of hydrogen-bond acceptors (Lipinski definition) is 4. The van der Waals surface area contributed by atoms with Crippen molar-refractivity contribution in [3.05, 3.63) is 35.9 Å². The molecule has 0 atom stereocenters. The van der Waals surface area contributed by atoms with Gasteiger partial charge in [-0.2, -0.15) is 0 Å². The van der Waals surface area contributed by atoms with Crippen LogP contribution in [0.5, 0.6) is 0 Å². The van der Waals surface area contributed by atoms with Crippen LogP contribution in [-0.2, 0) is 14.4 Å². The Kier molecular flexibility index (Phi) is 3.55. The molecule has 0 unspecified atom stereocenters. The first-order valence-electron chi connectivity index (χ1n) is 4.00. The smallest absolute Gasteiger partial charge is 0.309 e. The van der Waals surface area contributed by atoms with Gasteiger partial charge >= 0.3 is 5.97 Å². The highest BCUT2D eigenvalue weighted by Gasteiger charge is 2.07. The van der Waals surface area contributed by atoms with Gasteiger partial charge in [-0.05, 0) is 5.56 Å². The van der Waals surface area contributed by atoms with E-state index in [1.807, 2.05) is 18.2 Å². The van der Waals surface area contributed by atoms with Crippen LogP contribution in [0.25, 0.3) is 0 Å². The molecule has 0 fully saturated rings. The predicted octanol–water partition coefficient (Wildman–Crippen LogP) is 1.15. The Morgan fingerprint density at radius 1 is 1.29 bits per heavy atom. The summed E-state index contributed by atoms with van der Waals surface area (Å²) in [6.07, 6.45) is 1.36. The summed E-state index contributed by atoms with van der Waals surface area (Å²) < 4.78 is 0. The van der Waals surface area contributed by atoms with Gasteiger partial charge in [-0.25, -0.2) is 4.79 Å². The van der Waals surface area contributed by atoms with Gasteiger partial charge in [-0.3, -0.25) is 4.79 Å². The summed E-state index contributed by atoms with van der Waals surface area (Å²) in [5.41, 5.74) is 0.795. The maximum Gasteiger partial charge on any atom is 0.400 e. The summed E-state index contributed by atoms with van der Waals surface area (Å²) in [6, 6.07) is 9.11. The van der Waals surface area contributed by atoms with E-state index in [-0.39, 0.29) is 0 Å². The summed E-state index contributed by atoms with van der Waals surface area (Å²) in [5.74, 6) is -1.63. The largest absolute Gasteiger partial charge is 0.400 e. The molecule has 0 saturated heterocycles. The average Bonchev–Trinajstić information content (AvgIpc) is 2.19. The minimum atomic E-state index is -0.961. The van der Waals surface area contributed by atoms with Crippen LogP contribution in [0, 0.1) is 0 Å². The molecule has 0 aliphatic heterocycles. The number of carbonyl (C=O) groups is 2. The van der Waals surface area contributed by atoms with E-state index in [1.54, 1.807) is 12.1 Å². The van der Waals surface area contributed by atoms with Crippen LogP contribution < -0.4 is 0 Å². The molecule has 4 nitrogen and oxygen atoms in total. The summed E-state index contributed by atoms with van der Waals surface area (Å²) in [4.78, 5) is 25.4. The third kappa shape index (κ3) is 3.18. The Balaban J connectivity index is 2.50. The lowest BCUT2D eigenvalue weighted by molar-refractivity contribution is -0.152. The highest BCUT2D eigenvalue weighted by atomic mass is 16.7. The van der Waals surface area contributed by atoms with Gasteiger partial charge in [0.05, 0.1) is 6.21 Å². The maximum absolute atomic E-state index is 10.6. The zero-order valence-corrected chi connectivity index (χ0v) is 7.64. The minimum absolute atomic E-state index is 0.671. The molecule has 4 heteroatoms. The quantitative estimate of drug-likeness (QED) is 0.311. The van der Waals surface area contributed by atoms with E-state index in [4.69, 9.17) is 0 Å². The molecule has 1 aromatic rings. The van der Waals surface area contributed by atoms with E-state index in [0.717, 1.165) is 12.5 Å². The molecule has 0 amide bonds. The van der Waals surface area contributed by atoms with E-state index in [1.165, 1.54) is 6.21 Å². The molecular formula is C10H9NO3. The summed E-state index contributed by atoms with van der Waals surface area (Å²) >= 11 is 0. The number of hydrogen-bond donors (Lipinski definition) is 0. The average molecular weight is 191 g/mol. The van der Waals surface area contributed by atoms with Crippen LogP contribution >= 0.6 is 0 Å². The highest BCUT2D eigenvalue weighted by Crippen LogP contribution is 1.94. The van der Waals surface area contributed by atoms with Gasteiger partial charge in [0.15, 0.2) is 0 Å². The number of rotatable bonds is 3. The number of benzene rings is 1. The fraction of sp³-hybridized carbons (Fsp3) is 0.100. The van der Waals surface area contributed by atoms with Crippen molar-refractivity contribution in [3.8, 4) is 0 Å². The van der Waals surface area contributed by atoms with Crippen LogP contribution in [0.1, 0.15) is 12.5 Å². The van der Waals surface area contributed by atoms with Gasteiger partial charge in [0.25, 0.3) is 0 Å². The zero-order chi connectivity index (χ0) is 10.4. The Morgan fingerprint density at radius 3 is 2.50 bits per heavy atom. The van der Waals surface area contributed by atoms with Crippen molar-refractivity contribution >= 4 is 18.0 Å². The molecule has 0 N–H and O–H groups in total. The van der Waals surface area contributed by atoms with Crippen LogP contribution in [0.2, 0.25) is 0 Å². The van der Waals surface area contributed by atoms with Crippen molar-refractivity contribution in [2.75, 3.05) is 0 Å². The first-order valence-corrected chi connectivity index (χ1v) is 4.00. The Morgan fingerprint density at radius 2 is 1.93 bits per heavy atom. The van der Waals surface area contributed by atoms with Crippen molar-refractivity contribution in [2.24, 2.45) is 5.16 Å². The first-order chi connectivity index (χ1) is 6.70. The van der Waals surface area contributed by atoms with Gasteiger partial charge in [0.1, 0.15) is 0 Å². The van der Waals surface area contributed by atoms with Gasteiger partial charge < -0.3 is 4.84 Å². The van der Waals surface area contributed by atoms with E-state index >= 15 is 0 Å².